The fourth-order valence-electron chi connectivity index (χ4n) is 5.48. The maximum absolute atomic E-state index is 15.0. The summed E-state index contributed by atoms with van der Waals surface area (Å²) in [7, 11) is -5.68. The summed E-state index contributed by atoms with van der Waals surface area (Å²) in [5.74, 6) is -16.1. The van der Waals surface area contributed by atoms with Crippen LogP contribution in [0, 0.1) is 29.1 Å². The number of amides is 1. The Morgan fingerprint density at radius 1 is 0.784 bits per heavy atom. The van der Waals surface area contributed by atoms with Gasteiger partial charge >= 0.3 is 5.97 Å². The highest BCUT2D eigenvalue weighted by Gasteiger charge is 2.39. The van der Waals surface area contributed by atoms with Crippen molar-refractivity contribution < 1.29 is 55.3 Å². The van der Waals surface area contributed by atoms with Gasteiger partial charge in [-0.1, -0.05) is 51.1 Å². The van der Waals surface area contributed by atoms with Crippen molar-refractivity contribution in [3.05, 3.63) is 118 Å². The molecule has 51 heavy (non-hydrogen) atoms. The lowest BCUT2D eigenvalue weighted by atomic mass is 9.84. The standard InChI is InChI=1S/C36H33F5N2O7S/c1-36(2,3)23-13-20(12-22(14-23)21-6-7-21)17-43(24-8-11-26(35(47)48)27(45)15-24)28(46)18-42(16-19-4-9-25(44)10-5-19)51(49,50)34-32(40)30(38)29(37)31(39)33(34)41/h4-5,8-15,21,44-45H,6-7,16-18H2,1-3H3,(H,47,48). The molecule has 1 amide bonds. The zero-order valence-electron chi connectivity index (χ0n) is 27.6. The van der Waals surface area contributed by atoms with Gasteiger partial charge in [0.25, 0.3) is 0 Å². The van der Waals surface area contributed by atoms with Gasteiger partial charge in [0.2, 0.25) is 21.7 Å². The number of aromatic hydroxyl groups is 2. The van der Waals surface area contributed by atoms with E-state index in [9.17, 15) is 55.3 Å². The van der Waals surface area contributed by atoms with E-state index in [-0.39, 0.29) is 39.2 Å². The third-order valence-electron chi connectivity index (χ3n) is 8.47. The molecule has 0 unspecified atom stereocenters. The average molecular weight is 733 g/mol. The summed E-state index contributed by atoms with van der Waals surface area (Å²) in [6.07, 6.45) is 1.89. The zero-order valence-corrected chi connectivity index (χ0v) is 28.4. The third-order valence-corrected chi connectivity index (χ3v) is 10.3. The van der Waals surface area contributed by atoms with Gasteiger partial charge in [0, 0.05) is 18.3 Å². The molecule has 0 heterocycles. The van der Waals surface area contributed by atoms with Gasteiger partial charge < -0.3 is 20.2 Å². The summed E-state index contributed by atoms with van der Waals surface area (Å²) in [4.78, 5) is 24.7. The van der Waals surface area contributed by atoms with Crippen molar-refractivity contribution >= 4 is 27.6 Å². The first-order valence-electron chi connectivity index (χ1n) is 15.6. The predicted molar refractivity (Wildman–Crippen MR) is 175 cm³/mol. The number of carbonyl (C=O) groups is 2. The van der Waals surface area contributed by atoms with Gasteiger partial charge in [-0.05, 0) is 70.7 Å². The number of anilines is 1. The molecule has 1 fully saturated rings. The highest BCUT2D eigenvalue weighted by molar-refractivity contribution is 7.89. The number of hydrogen-bond donors (Lipinski definition) is 3. The van der Waals surface area contributed by atoms with Crippen molar-refractivity contribution in [2.45, 2.75) is 62.9 Å². The quantitative estimate of drug-likeness (QED) is 0.0852. The van der Waals surface area contributed by atoms with E-state index in [1.807, 2.05) is 32.9 Å². The molecule has 270 valence electrons. The first-order chi connectivity index (χ1) is 23.8. The minimum atomic E-state index is -5.68. The second kappa shape index (κ2) is 13.9. The van der Waals surface area contributed by atoms with Crippen LogP contribution in [0.4, 0.5) is 27.6 Å². The Labute approximate surface area is 290 Å². The van der Waals surface area contributed by atoms with Crippen molar-refractivity contribution in [3.8, 4) is 11.5 Å². The van der Waals surface area contributed by atoms with Gasteiger partial charge in [-0.2, -0.15) is 4.31 Å². The average Bonchev–Trinajstić information content (AvgIpc) is 3.91. The molecule has 9 nitrogen and oxygen atoms in total. The summed E-state index contributed by atoms with van der Waals surface area (Å²) in [5, 5.41) is 29.7. The smallest absolute Gasteiger partial charge is 0.339 e. The molecule has 4 aromatic carbocycles. The largest absolute Gasteiger partial charge is 0.508 e. The number of hydrogen-bond acceptors (Lipinski definition) is 6. The minimum absolute atomic E-state index is 0.0648. The molecule has 4 aromatic rings. The lowest BCUT2D eigenvalue weighted by Crippen LogP contribution is -2.43. The molecule has 1 aliphatic carbocycles. The Morgan fingerprint density at radius 2 is 1.37 bits per heavy atom. The zero-order chi connectivity index (χ0) is 37.6. The van der Waals surface area contributed by atoms with Crippen LogP contribution in [-0.4, -0.2) is 46.5 Å². The number of aromatic carboxylic acids is 1. The number of phenolic OH excluding ortho intramolecular Hbond substituents is 1. The monoisotopic (exact) mass is 732 g/mol. The van der Waals surface area contributed by atoms with Crippen LogP contribution in [0.3, 0.4) is 0 Å². The highest BCUT2D eigenvalue weighted by Crippen LogP contribution is 2.42. The Kier molecular flexibility index (Phi) is 10.2. The molecule has 0 saturated heterocycles. The Hall–Kier alpha value is -5.02. The molecule has 15 heteroatoms. The van der Waals surface area contributed by atoms with Gasteiger partial charge in [0.05, 0.1) is 13.1 Å². The van der Waals surface area contributed by atoms with E-state index < -0.39 is 80.3 Å². The van der Waals surface area contributed by atoms with Crippen LogP contribution in [0.5, 0.6) is 11.5 Å². The maximum atomic E-state index is 15.0. The first-order valence-corrected chi connectivity index (χ1v) is 17.0. The van der Waals surface area contributed by atoms with Gasteiger partial charge in [-0.25, -0.2) is 35.2 Å². The van der Waals surface area contributed by atoms with E-state index in [1.54, 1.807) is 0 Å². The summed E-state index contributed by atoms with van der Waals surface area (Å²) >= 11 is 0. The molecule has 0 atom stereocenters. The van der Waals surface area contributed by atoms with Crippen LogP contribution in [-0.2, 0) is 33.3 Å². The number of nitrogens with zero attached hydrogens (tertiary/aromatic N) is 2. The Morgan fingerprint density at radius 3 is 1.90 bits per heavy atom. The number of rotatable bonds is 11. The van der Waals surface area contributed by atoms with Crippen LogP contribution in [0.2, 0.25) is 0 Å². The van der Waals surface area contributed by atoms with Crippen molar-refractivity contribution in [2.24, 2.45) is 0 Å². The van der Waals surface area contributed by atoms with Gasteiger partial charge in [-0.3, -0.25) is 4.79 Å². The van der Waals surface area contributed by atoms with Crippen LogP contribution in [0.25, 0.3) is 0 Å². The van der Waals surface area contributed by atoms with Crippen LogP contribution in [0.15, 0.2) is 65.6 Å². The van der Waals surface area contributed by atoms with Crippen molar-refractivity contribution in [1.82, 2.24) is 4.31 Å². The molecular weight excluding hydrogens is 699 g/mol. The third kappa shape index (κ3) is 7.84. The molecule has 0 aromatic heterocycles. The molecular formula is C36H33F5N2O7S. The predicted octanol–water partition coefficient (Wildman–Crippen LogP) is 7.09. The van der Waals surface area contributed by atoms with E-state index in [2.05, 4.69) is 6.07 Å². The van der Waals surface area contributed by atoms with Gasteiger partial charge in [0.15, 0.2) is 28.2 Å². The van der Waals surface area contributed by atoms with E-state index >= 15 is 0 Å². The molecule has 0 aliphatic heterocycles. The second-order valence-corrected chi connectivity index (χ2v) is 15.2. The fourth-order valence-corrected chi connectivity index (χ4v) is 6.97. The van der Waals surface area contributed by atoms with Crippen LogP contribution in [0.1, 0.15) is 72.1 Å². The summed E-state index contributed by atoms with van der Waals surface area (Å²) in [5.41, 5.74) is 1.63. The summed E-state index contributed by atoms with van der Waals surface area (Å²) in [6, 6.07) is 13.7. The topological polar surface area (TPSA) is 135 Å². The summed E-state index contributed by atoms with van der Waals surface area (Å²) in [6.45, 7) is 3.65. The van der Waals surface area contributed by atoms with Crippen LogP contribution >= 0.6 is 0 Å². The molecule has 0 spiro atoms. The maximum Gasteiger partial charge on any atom is 0.339 e. The lowest BCUT2D eigenvalue weighted by molar-refractivity contribution is -0.119. The molecule has 1 aliphatic rings. The fraction of sp³-hybridized carbons (Fsp3) is 0.278. The SMILES string of the molecule is CC(C)(C)c1cc(CN(C(=O)CN(Cc2ccc(O)cc2)S(=O)(=O)c2c(F)c(F)c(F)c(F)c2F)c2ccc(C(=O)O)c(O)c2)cc(C2CC2)c1. The molecule has 5 rings (SSSR count). The number of carbonyl (C=O) groups excluding carboxylic acids is 1. The van der Waals surface area contributed by atoms with E-state index in [1.165, 1.54) is 18.2 Å². The van der Waals surface area contributed by atoms with E-state index in [0.29, 0.717) is 5.56 Å². The van der Waals surface area contributed by atoms with Crippen molar-refractivity contribution in [3.63, 3.8) is 0 Å². The number of benzene rings is 4. The normalized spacial score (nSPS) is 13.4. The molecule has 0 bridgehead atoms. The lowest BCUT2D eigenvalue weighted by Gasteiger charge is -2.29. The Bertz CT molecular complexity index is 2100. The van der Waals surface area contributed by atoms with E-state index in [0.717, 1.165) is 53.1 Å². The number of sulfonamides is 1. The van der Waals surface area contributed by atoms with Crippen LogP contribution < -0.4 is 4.90 Å². The van der Waals surface area contributed by atoms with Crippen molar-refractivity contribution in [1.29, 1.82) is 0 Å². The minimum Gasteiger partial charge on any atom is -0.508 e. The van der Waals surface area contributed by atoms with Crippen molar-refractivity contribution in [2.75, 3.05) is 11.4 Å². The second-order valence-electron chi connectivity index (χ2n) is 13.3. The Balaban J connectivity index is 1.63. The number of phenols is 2. The molecule has 1 saturated carbocycles. The number of carboxylic acid groups (broad SMARTS) is 1. The highest BCUT2D eigenvalue weighted by atomic mass is 32.2. The number of halogens is 5. The molecule has 3 N–H and O–H groups in total. The van der Waals surface area contributed by atoms with Gasteiger partial charge in [0.1, 0.15) is 17.1 Å². The van der Waals surface area contributed by atoms with E-state index in [4.69, 9.17) is 0 Å². The van der Waals surface area contributed by atoms with Gasteiger partial charge in [-0.15, -0.1) is 0 Å². The molecule has 0 radical (unpaired) electrons. The first kappa shape index (κ1) is 37.2. The summed E-state index contributed by atoms with van der Waals surface area (Å²) < 4.78 is 100. The number of carboxylic acids is 1.